The van der Waals surface area contributed by atoms with Gasteiger partial charge in [-0.15, -0.1) is 0 Å². The Kier molecular flexibility index (Phi) is 4.54. The zero-order valence-electron chi connectivity index (χ0n) is 20.6. The number of ketones is 1. The minimum atomic E-state index is -1.26. The summed E-state index contributed by atoms with van der Waals surface area (Å²) in [7, 11) is 0. The van der Waals surface area contributed by atoms with Gasteiger partial charge in [0, 0.05) is 18.6 Å². The maximum absolute atomic E-state index is 13.7. The Morgan fingerprint density at radius 1 is 0.886 bits per heavy atom. The van der Waals surface area contributed by atoms with Crippen LogP contribution in [0.4, 0.5) is 11.4 Å². The Labute approximate surface area is 202 Å². The molecule has 4 aliphatic rings. The molecule has 1 aromatic rings. The molecule has 3 saturated carbocycles. The highest BCUT2D eigenvalue weighted by atomic mass is 16.7. The number of benzene rings is 1. The first-order valence-corrected chi connectivity index (χ1v) is 11.9. The van der Waals surface area contributed by atoms with Gasteiger partial charge < -0.3 is 9.47 Å². The topological polar surface area (TPSA) is 142 Å². The van der Waals surface area contributed by atoms with Crippen molar-refractivity contribution in [1.29, 1.82) is 0 Å². The van der Waals surface area contributed by atoms with Gasteiger partial charge in [-0.2, -0.15) is 0 Å². The average Bonchev–Trinajstić information content (AvgIpc) is 3.34. The van der Waals surface area contributed by atoms with Crippen LogP contribution in [0.3, 0.4) is 0 Å². The second kappa shape index (κ2) is 6.66. The van der Waals surface area contributed by atoms with Crippen LogP contribution in [0.1, 0.15) is 83.5 Å². The zero-order chi connectivity index (χ0) is 25.8. The number of ether oxygens (including phenoxy) is 2. The Bertz CT molecular complexity index is 1170. The third-order valence-electron chi connectivity index (χ3n) is 8.33. The van der Waals surface area contributed by atoms with E-state index in [1.54, 1.807) is 0 Å². The van der Waals surface area contributed by atoms with Crippen molar-refractivity contribution in [3.05, 3.63) is 44.0 Å². The van der Waals surface area contributed by atoms with Crippen LogP contribution in [-0.4, -0.2) is 38.4 Å². The number of non-ortho nitro benzene ring substituents is 2. The summed E-state index contributed by atoms with van der Waals surface area (Å²) in [4.78, 5) is 48.4. The molecule has 10 nitrogen and oxygen atoms in total. The molecule has 4 atom stereocenters. The number of fused-ring (bicyclic) bond motifs is 2. The van der Waals surface area contributed by atoms with Gasteiger partial charge in [-0.3, -0.25) is 25.0 Å². The number of hydrogen-bond donors (Lipinski definition) is 0. The van der Waals surface area contributed by atoms with E-state index in [2.05, 4.69) is 20.8 Å². The first kappa shape index (κ1) is 23.8. The van der Waals surface area contributed by atoms with Crippen LogP contribution >= 0.6 is 0 Å². The van der Waals surface area contributed by atoms with E-state index in [4.69, 9.17) is 9.47 Å². The molecule has 10 heteroatoms. The molecule has 1 aromatic carbocycles. The molecule has 0 aromatic heterocycles. The second-order valence-corrected chi connectivity index (χ2v) is 13.0. The van der Waals surface area contributed by atoms with E-state index in [-0.39, 0.29) is 27.6 Å². The van der Waals surface area contributed by atoms with Crippen LogP contribution in [0.2, 0.25) is 0 Å². The molecule has 3 aliphatic carbocycles. The summed E-state index contributed by atoms with van der Waals surface area (Å²) in [5.74, 6) is -0.999. The van der Waals surface area contributed by atoms with E-state index in [0.717, 1.165) is 24.6 Å². The summed E-state index contributed by atoms with van der Waals surface area (Å²) in [5, 5.41) is 22.7. The van der Waals surface area contributed by atoms with Gasteiger partial charge in [0.1, 0.15) is 5.60 Å². The molecule has 0 unspecified atom stereocenters. The fraction of sp³-hybridized carbons (Fsp3) is 0.680. The van der Waals surface area contributed by atoms with Gasteiger partial charge in [0.15, 0.2) is 17.0 Å². The van der Waals surface area contributed by atoms with Crippen LogP contribution in [0, 0.1) is 36.5 Å². The average molecular weight is 487 g/mol. The fourth-order valence-electron chi connectivity index (χ4n) is 8.29. The highest BCUT2D eigenvalue weighted by Crippen LogP contribution is 2.77. The SMILES string of the molecule is CC1(C)C[C@]2(C)C[C@@](OC(=O)c3cc([N+](=O)[O-])cc([N+](=O)[O-])c3)(C1)[C@@]13O[C@]1(CC(C)(C)CC3=O)C2. The Balaban J connectivity index is 1.61. The van der Waals surface area contributed by atoms with Gasteiger partial charge in [0.25, 0.3) is 11.4 Å². The molecule has 5 rings (SSSR count). The van der Waals surface area contributed by atoms with E-state index >= 15 is 0 Å². The molecule has 1 aliphatic heterocycles. The number of hydrogen-bond acceptors (Lipinski definition) is 8. The lowest BCUT2D eigenvalue weighted by Gasteiger charge is -2.59. The smallest absolute Gasteiger partial charge is 0.339 e. The van der Waals surface area contributed by atoms with Crippen molar-refractivity contribution in [2.75, 3.05) is 0 Å². The molecule has 188 valence electrons. The summed E-state index contributed by atoms with van der Waals surface area (Å²) < 4.78 is 12.7. The highest BCUT2D eigenvalue weighted by molar-refractivity contribution is 5.97. The molecule has 0 N–H and O–H groups in total. The van der Waals surface area contributed by atoms with E-state index in [1.807, 2.05) is 13.8 Å². The van der Waals surface area contributed by atoms with E-state index < -0.39 is 44.0 Å². The number of nitro benzene ring substituents is 2. The number of Topliss-reactive ketones (excluding diaryl/α,β-unsaturated/α-hetero) is 1. The molecule has 0 amide bonds. The van der Waals surface area contributed by atoms with Gasteiger partial charge in [0.2, 0.25) is 0 Å². The van der Waals surface area contributed by atoms with E-state index in [0.29, 0.717) is 32.1 Å². The predicted molar refractivity (Wildman–Crippen MR) is 123 cm³/mol. The van der Waals surface area contributed by atoms with Crippen molar-refractivity contribution < 1.29 is 28.9 Å². The molecule has 35 heavy (non-hydrogen) atoms. The fourth-order valence-corrected chi connectivity index (χ4v) is 8.29. The second-order valence-electron chi connectivity index (χ2n) is 13.0. The van der Waals surface area contributed by atoms with Gasteiger partial charge >= 0.3 is 5.97 Å². The largest absolute Gasteiger partial charge is 0.452 e. The normalized spacial score (nSPS) is 38.0. The quantitative estimate of drug-likeness (QED) is 0.253. The van der Waals surface area contributed by atoms with Crippen molar-refractivity contribution in [2.45, 2.75) is 89.9 Å². The first-order valence-electron chi connectivity index (χ1n) is 11.9. The minimum Gasteiger partial charge on any atom is -0.452 e. The maximum atomic E-state index is 13.7. The lowest BCUT2D eigenvalue weighted by molar-refractivity contribution is -0.394. The zero-order valence-corrected chi connectivity index (χ0v) is 20.6. The van der Waals surface area contributed by atoms with Gasteiger partial charge in [-0.25, -0.2) is 4.79 Å². The Morgan fingerprint density at radius 2 is 1.49 bits per heavy atom. The monoisotopic (exact) mass is 486 g/mol. The molecule has 0 spiro atoms. The molecule has 1 saturated heterocycles. The number of esters is 1. The lowest BCUT2D eigenvalue weighted by atomic mass is 9.44. The third kappa shape index (κ3) is 3.32. The van der Waals surface area contributed by atoms with Crippen molar-refractivity contribution in [3.8, 4) is 0 Å². The summed E-state index contributed by atoms with van der Waals surface area (Å²) in [5.41, 5.74) is -5.43. The third-order valence-corrected chi connectivity index (χ3v) is 8.33. The van der Waals surface area contributed by atoms with E-state index in [1.165, 1.54) is 0 Å². The summed E-state index contributed by atoms with van der Waals surface area (Å²) >= 11 is 0. The molecular formula is C25H30N2O8. The molecule has 0 radical (unpaired) electrons. The molecule has 4 fully saturated rings. The summed E-state index contributed by atoms with van der Waals surface area (Å²) in [6.45, 7) is 10.4. The maximum Gasteiger partial charge on any atom is 0.339 e. The molecule has 1 heterocycles. The number of carbonyl (C=O) groups excluding carboxylic acids is 2. The first-order chi connectivity index (χ1) is 16.0. The summed E-state index contributed by atoms with van der Waals surface area (Å²) in [6.07, 6.45) is 3.36. The number of nitrogens with zero attached hydrogens (tertiary/aromatic N) is 2. The number of nitro groups is 2. The van der Waals surface area contributed by atoms with Crippen LogP contribution in [0.25, 0.3) is 0 Å². The molecule has 2 bridgehead atoms. The standard InChI is InChI=1S/C25H30N2O8/c1-20(2)9-18(28)25-23(12-21(3,4)10-22(5,13-23)14-24(25,11-20)35-25)34-19(29)15-6-16(26(30)31)8-17(7-15)27(32)33/h6-8H,9-14H2,1-5H3/t22-,23+,24-,25-/m1/s1. The number of carbonyl (C=O) groups is 2. The lowest BCUT2D eigenvalue weighted by Crippen LogP contribution is -2.69. The van der Waals surface area contributed by atoms with Crippen molar-refractivity contribution in [3.63, 3.8) is 0 Å². The van der Waals surface area contributed by atoms with E-state index in [9.17, 15) is 29.8 Å². The number of epoxide rings is 1. The Hall–Kier alpha value is -2.88. The Morgan fingerprint density at radius 3 is 2.06 bits per heavy atom. The van der Waals surface area contributed by atoms with Crippen molar-refractivity contribution in [1.82, 2.24) is 0 Å². The van der Waals surface area contributed by atoms with Crippen LogP contribution < -0.4 is 0 Å². The van der Waals surface area contributed by atoms with Crippen LogP contribution in [-0.2, 0) is 14.3 Å². The van der Waals surface area contributed by atoms with Gasteiger partial charge in [-0.1, -0.05) is 34.6 Å². The van der Waals surface area contributed by atoms with Gasteiger partial charge in [-0.05, 0) is 48.3 Å². The van der Waals surface area contributed by atoms with Crippen LogP contribution in [0.15, 0.2) is 18.2 Å². The predicted octanol–water partition coefficient (Wildman–Crippen LogP) is 4.92. The van der Waals surface area contributed by atoms with Crippen molar-refractivity contribution in [2.24, 2.45) is 16.2 Å². The van der Waals surface area contributed by atoms with Crippen molar-refractivity contribution >= 4 is 23.1 Å². The minimum absolute atomic E-state index is 0.0775. The number of rotatable bonds is 4. The molecular weight excluding hydrogens is 456 g/mol. The van der Waals surface area contributed by atoms with Crippen LogP contribution in [0.5, 0.6) is 0 Å². The summed E-state index contributed by atoms with van der Waals surface area (Å²) in [6, 6.07) is 2.76. The van der Waals surface area contributed by atoms with Gasteiger partial charge in [0.05, 0.1) is 21.5 Å². The highest BCUT2D eigenvalue weighted by Gasteiger charge is 2.90.